The largest absolute Gasteiger partial charge is 0.486 e. The molecule has 156 valence electrons. The minimum absolute atomic E-state index is 0.0553. The molecule has 2 aliphatic rings. The fraction of sp³-hybridized carbons (Fsp3) is 0.273. The quantitative estimate of drug-likeness (QED) is 0.673. The first-order valence-corrected chi connectivity index (χ1v) is 10.4. The molecule has 2 aromatic rings. The van der Waals surface area contributed by atoms with Crippen molar-refractivity contribution in [3.8, 4) is 11.5 Å². The lowest BCUT2D eigenvalue weighted by atomic mass is 10.1. The van der Waals surface area contributed by atoms with E-state index in [-0.39, 0.29) is 11.8 Å². The lowest BCUT2D eigenvalue weighted by Gasteiger charge is -2.34. The molecule has 1 fully saturated rings. The number of hydrogen-bond acceptors (Lipinski definition) is 4. The standard InChI is InChI=1S/C22H20Cl2N2O4/c23-17-4-2-16(3-5-17)22(28)26-9-7-25(8-10-26)20(27)6-1-15-13-18(24)21-19(14-15)29-11-12-30-21/h1-6,13-14H,7-12H2/b6-1+. The molecule has 0 radical (unpaired) electrons. The number of nitrogens with zero attached hydrogens (tertiary/aromatic N) is 2. The lowest BCUT2D eigenvalue weighted by Crippen LogP contribution is -2.50. The van der Waals surface area contributed by atoms with E-state index in [9.17, 15) is 9.59 Å². The van der Waals surface area contributed by atoms with Crippen LogP contribution in [0.2, 0.25) is 10.0 Å². The minimum atomic E-state index is -0.111. The Hall–Kier alpha value is -2.70. The van der Waals surface area contributed by atoms with Crippen molar-refractivity contribution in [2.45, 2.75) is 0 Å². The molecule has 2 aromatic carbocycles. The molecule has 0 aromatic heterocycles. The van der Waals surface area contributed by atoms with Gasteiger partial charge in [0.25, 0.3) is 5.91 Å². The zero-order valence-electron chi connectivity index (χ0n) is 16.1. The third-order valence-electron chi connectivity index (χ3n) is 5.01. The van der Waals surface area contributed by atoms with Crippen molar-refractivity contribution in [2.24, 2.45) is 0 Å². The van der Waals surface area contributed by atoms with Gasteiger partial charge in [0.2, 0.25) is 5.91 Å². The molecule has 2 amide bonds. The van der Waals surface area contributed by atoms with E-state index in [1.165, 1.54) is 6.08 Å². The topological polar surface area (TPSA) is 59.1 Å². The molecule has 0 atom stereocenters. The Morgan fingerprint density at radius 2 is 1.57 bits per heavy atom. The Bertz CT molecular complexity index is 983. The molecule has 0 aliphatic carbocycles. The molecule has 0 unspecified atom stereocenters. The van der Waals surface area contributed by atoms with Crippen LogP contribution in [0.4, 0.5) is 0 Å². The van der Waals surface area contributed by atoms with Crippen LogP contribution in [0.1, 0.15) is 15.9 Å². The summed E-state index contributed by atoms with van der Waals surface area (Å²) in [6.45, 7) is 2.85. The van der Waals surface area contributed by atoms with E-state index >= 15 is 0 Å². The van der Waals surface area contributed by atoms with Gasteiger partial charge in [-0.05, 0) is 48.0 Å². The van der Waals surface area contributed by atoms with Crippen molar-refractivity contribution < 1.29 is 19.1 Å². The van der Waals surface area contributed by atoms with E-state index in [0.717, 1.165) is 5.56 Å². The Morgan fingerprint density at radius 3 is 2.30 bits per heavy atom. The number of amides is 2. The van der Waals surface area contributed by atoms with Crippen LogP contribution in [0.5, 0.6) is 11.5 Å². The van der Waals surface area contributed by atoms with Crippen LogP contribution in [0.15, 0.2) is 42.5 Å². The smallest absolute Gasteiger partial charge is 0.253 e. The first kappa shape index (κ1) is 20.6. The van der Waals surface area contributed by atoms with Crippen molar-refractivity contribution in [3.63, 3.8) is 0 Å². The molecule has 2 aliphatic heterocycles. The number of halogens is 2. The van der Waals surface area contributed by atoms with Gasteiger partial charge in [0, 0.05) is 42.8 Å². The molecule has 30 heavy (non-hydrogen) atoms. The fourth-order valence-corrected chi connectivity index (χ4v) is 3.80. The number of rotatable bonds is 3. The van der Waals surface area contributed by atoms with Crippen LogP contribution in [-0.4, -0.2) is 61.0 Å². The highest BCUT2D eigenvalue weighted by Crippen LogP contribution is 2.38. The molecule has 0 N–H and O–H groups in total. The normalized spacial score (nSPS) is 16.1. The van der Waals surface area contributed by atoms with Gasteiger partial charge in [-0.15, -0.1) is 0 Å². The molecule has 1 saturated heterocycles. The molecule has 4 rings (SSSR count). The average molecular weight is 447 g/mol. The molecular weight excluding hydrogens is 427 g/mol. The number of carbonyl (C=O) groups is 2. The summed E-state index contributed by atoms with van der Waals surface area (Å²) in [4.78, 5) is 28.6. The molecule has 2 heterocycles. The van der Waals surface area contributed by atoms with Gasteiger partial charge in [0.15, 0.2) is 11.5 Å². The summed E-state index contributed by atoms with van der Waals surface area (Å²) in [6, 6.07) is 10.4. The maximum Gasteiger partial charge on any atom is 0.253 e. The highest BCUT2D eigenvalue weighted by molar-refractivity contribution is 6.32. The van der Waals surface area contributed by atoms with Gasteiger partial charge < -0.3 is 19.3 Å². The Morgan fingerprint density at radius 1 is 0.900 bits per heavy atom. The van der Waals surface area contributed by atoms with Crippen LogP contribution < -0.4 is 9.47 Å². The van der Waals surface area contributed by atoms with E-state index in [4.69, 9.17) is 32.7 Å². The number of hydrogen-bond donors (Lipinski definition) is 0. The van der Waals surface area contributed by atoms with Crippen molar-refractivity contribution in [1.82, 2.24) is 9.80 Å². The maximum absolute atomic E-state index is 12.6. The summed E-state index contributed by atoms with van der Waals surface area (Å²) in [5.74, 6) is 0.947. The van der Waals surface area contributed by atoms with Crippen molar-refractivity contribution in [2.75, 3.05) is 39.4 Å². The molecule has 0 saturated carbocycles. The van der Waals surface area contributed by atoms with Gasteiger partial charge in [0.1, 0.15) is 13.2 Å². The Labute approximate surface area is 184 Å². The van der Waals surface area contributed by atoms with E-state index < -0.39 is 0 Å². The third-order valence-corrected chi connectivity index (χ3v) is 5.54. The summed E-state index contributed by atoms with van der Waals surface area (Å²) in [5, 5.41) is 1.04. The third kappa shape index (κ3) is 4.55. The zero-order chi connectivity index (χ0) is 21.1. The highest BCUT2D eigenvalue weighted by Gasteiger charge is 2.24. The number of piperazine rings is 1. The summed E-state index contributed by atoms with van der Waals surface area (Å²) in [7, 11) is 0. The van der Waals surface area contributed by atoms with Crippen LogP contribution in [0, 0.1) is 0 Å². The first-order valence-electron chi connectivity index (χ1n) is 9.62. The van der Waals surface area contributed by atoms with Crippen LogP contribution in [0.25, 0.3) is 6.08 Å². The number of carbonyl (C=O) groups excluding carboxylic acids is 2. The van der Waals surface area contributed by atoms with Crippen molar-refractivity contribution >= 4 is 41.1 Å². The van der Waals surface area contributed by atoms with Crippen LogP contribution >= 0.6 is 23.2 Å². The summed E-state index contributed by atoms with van der Waals surface area (Å²) in [5.41, 5.74) is 1.35. The van der Waals surface area contributed by atoms with E-state index in [0.29, 0.717) is 66.5 Å². The van der Waals surface area contributed by atoms with Gasteiger partial charge in [-0.25, -0.2) is 0 Å². The monoisotopic (exact) mass is 446 g/mol. The maximum atomic E-state index is 12.6. The van der Waals surface area contributed by atoms with Gasteiger partial charge >= 0.3 is 0 Å². The summed E-state index contributed by atoms with van der Waals surface area (Å²) >= 11 is 12.1. The SMILES string of the molecule is O=C(/C=C/c1cc(Cl)c2c(c1)OCCO2)N1CCN(C(=O)c2ccc(Cl)cc2)CC1. The van der Waals surface area contributed by atoms with Gasteiger partial charge in [-0.1, -0.05) is 23.2 Å². The van der Waals surface area contributed by atoms with Gasteiger partial charge in [0.05, 0.1) is 5.02 Å². The molecule has 8 heteroatoms. The number of ether oxygens (including phenoxy) is 2. The second-order valence-electron chi connectivity index (χ2n) is 6.98. The van der Waals surface area contributed by atoms with E-state index in [1.807, 2.05) is 0 Å². The summed E-state index contributed by atoms with van der Waals surface area (Å²) in [6.07, 6.45) is 3.22. The van der Waals surface area contributed by atoms with Gasteiger partial charge in [-0.2, -0.15) is 0 Å². The second kappa shape index (κ2) is 8.98. The average Bonchev–Trinajstić information content (AvgIpc) is 2.78. The molecular formula is C22H20Cl2N2O4. The zero-order valence-corrected chi connectivity index (χ0v) is 17.7. The fourth-order valence-electron chi connectivity index (χ4n) is 3.40. The molecule has 0 bridgehead atoms. The van der Waals surface area contributed by atoms with Crippen LogP contribution in [0.3, 0.4) is 0 Å². The van der Waals surface area contributed by atoms with Crippen molar-refractivity contribution in [1.29, 1.82) is 0 Å². The lowest BCUT2D eigenvalue weighted by molar-refractivity contribution is -0.127. The predicted molar refractivity (Wildman–Crippen MR) is 115 cm³/mol. The molecule has 6 nitrogen and oxygen atoms in total. The Balaban J connectivity index is 1.35. The highest BCUT2D eigenvalue weighted by atomic mass is 35.5. The van der Waals surface area contributed by atoms with Crippen LogP contribution in [-0.2, 0) is 4.79 Å². The van der Waals surface area contributed by atoms with Crippen molar-refractivity contribution in [3.05, 3.63) is 63.6 Å². The number of fused-ring (bicyclic) bond motifs is 1. The summed E-state index contributed by atoms with van der Waals surface area (Å²) < 4.78 is 11.1. The Kier molecular flexibility index (Phi) is 6.16. The predicted octanol–water partition coefficient (Wildman–Crippen LogP) is 3.76. The minimum Gasteiger partial charge on any atom is -0.486 e. The van der Waals surface area contributed by atoms with Gasteiger partial charge in [-0.3, -0.25) is 9.59 Å². The second-order valence-corrected chi connectivity index (χ2v) is 7.83. The van der Waals surface area contributed by atoms with E-state index in [1.54, 1.807) is 52.3 Å². The van der Waals surface area contributed by atoms with E-state index in [2.05, 4.69) is 0 Å². The first-order chi connectivity index (χ1) is 14.5. The number of benzene rings is 2. The molecule has 0 spiro atoms.